The van der Waals surface area contributed by atoms with E-state index < -0.39 is 27.7 Å². The minimum Gasteiger partial charge on any atom is -0.347 e. The highest BCUT2D eigenvalue weighted by molar-refractivity contribution is 7.89. The first kappa shape index (κ1) is 20.9. The molecule has 3 rings (SSSR count). The highest BCUT2D eigenvalue weighted by atomic mass is 32.2. The van der Waals surface area contributed by atoms with E-state index in [9.17, 15) is 22.4 Å². The first-order valence-corrected chi connectivity index (χ1v) is 10.5. The average Bonchev–Trinajstić information content (AvgIpc) is 2.73. The van der Waals surface area contributed by atoms with E-state index in [1.165, 1.54) is 22.6 Å². The number of carbonyl (C=O) groups excluding carboxylic acids is 2. The van der Waals surface area contributed by atoms with Gasteiger partial charge in [-0.25, -0.2) is 12.8 Å². The maximum atomic E-state index is 13.1. The summed E-state index contributed by atoms with van der Waals surface area (Å²) in [5.41, 5.74) is 0.515. The maximum Gasteiger partial charge on any atom is 0.243 e. The monoisotopic (exact) mass is 420 g/mol. The van der Waals surface area contributed by atoms with Crippen molar-refractivity contribution in [2.75, 3.05) is 25.0 Å². The molecule has 0 spiro atoms. The van der Waals surface area contributed by atoms with Crippen LogP contribution in [0.5, 0.6) is 0 Å². The van der Waals surface area contributed by atoms with Crippen LogP contribution in [0.3, 0.4) is 0 Å². The van der Waals surface area contributed by atoms with E-state index in [-0.39, 0.29) is 30.4 Å². The molecule has 1 saturated heterocycles. The minimum atomic E-state index is -3.82. The number of sulfonamides is 1. The molecule has 29 heavy (non-hydrogen) atoms. The summed E-state index contributed by atoms with van der Waals surface area (Å²) in [5, 5.41) is 5.16. The van der Waals surface area contributed by atoms with Gasteiger partial charge >= 0.3 is 0 Å². The Kier molecular flexibility index (Phi) is 6.55. The first-order chi connectivity index (χ1) is 13.9. The van der Waals surface area contributed by atoms with Gasteiger partial charge in [0.25, 0.3) is 0 Å². The Bertz CT molecular complexity index is 967. The van der Waals surface area contributed by atoms with Gasteiger partial charge in [-0.3, -0.25) is 14.6 Å². The summed E-state index contributed by atoms with van der Waals surface area (Å²) in [6.45, 7) is 0.0652. The summed E-state index contributed by atoms with van der Waals surface area (Å²) >= 11 is 0. The summed E-state index contributed by atoms with van der Waals surface area (Å²) in [4.78, 5) is 28.2. The van der Waals surface area contributed by atoms with Crippen LogP contribution in [-0.2, 0) is 19.6 Å². The molecule has 1 aliphatic heterocycles. The van der Waals surface area contributed by atoms with Gasteiger partial charge in [-0.05, 0) is 49.2 Å². The fourth-order valence-corrected chi connectivity index (χ4v) is 4.61. The van der Waals surface area contributed by atoms with E-state index >= 15 is 0 Å². The summed E-state index contributed by atoms with van der Waals surface area (Å²) in [7, 11) is -3.82. The number of halogens is 1. The molecular weight excluding hydrogens is 399 g/mol. The second-order valence-corrected chi connectivity index (χ2v) is 8.60. The topological polar surface area (TPSA) is 108 Å². The zero-order valence-electron chi connectivity index (χ0n) is 15.5. The van der Waals surface area contributed by atoms with Crippen LogP contribution in [0.15, 0.2) is 53.7 Å². The van der Waals surface area contributed by atoms with Crippen LogP contribution in [0, 0.1) is 11.7 Å². The fraction of sp³-hybridized carbons (Fsp3) is 0.316. The van der Waals surface area contributed by atoms with Crippen LogP contribution in [0.2, 0.25) is 0 Å². The molecule has 1 atom stereocenters. The molecule has 0 radical (unpaired) electrons. The smallest absolute Gasteiger partial charge is 0.243 e. The van der Waals surface area contributed by atoms with Crippen molar-refractivity contribution in [1.29, 1.82) is 0 Å². The predicted molar refractivity (Wildman–Crippen MR) is 104 cm³/mol. The van der Waals surface area contributed by atoms with Gasteiger partial charge in [-0.2, -0.15) is 4.31 Å². The van der Waals surface area contributed by atoms with Crippen molar-refractivity contribution >= 4 is 27.5 Å². The molecule has 1 fully saturated rings. The Morgan fingerprint density at radius 2 is 1.97 bits per heavy atom. The lowest BCUT2D eigenvalue weighted by molar-refractivity contribution is -0.128. The average molecular weight is 420 g/mol. The zero-order valence-corrected chi connectivity index (χ0v) is 16.4. The van der Waals surface area contributed by atoms with Gasteiger partial charge in [0.15, 0.2) is 0 Å². The number of anilines is 1. The number of rotatable bonds is 6. The predicted octanol–water partition coefficient (Wildman–Crippen LogP) is 1.38. The van der Waals surface area contributed by atoms with Gasteiger partial charge in [0, 0.05) is 19.3 Å². The molecule has 8 nitrogen and oxygen atoms in total. The summed E-state index contributed by atoms with van der Waals surface area (Å²) in [5.74, 6) is -1.88. The van der Waals surface area contributed by atoms with Crippen molar-refractivity contribution in [1.82, 2.24) is 14.6 Å². The van der Waals surface area contributed by atoms with Crippen LogP contribution in [0.1, 0.15) is 12.8 Å². The fourth-order valence-electron chi connectivity index (χ4n) is 3.08. The Hall–Kier alpha value is -2.85. The lowest BCUT2D eigenvalue weighted by atomic mass is 9.99. The highest BCUT2D eigenvalue weighted by Gasteiger charge is 2.33. The molecule has 1 aromatic carbocycles. The van der Waals surface area contributed by atoms with Crippen molar-refractivity contribution < 1.29 is 22.4 Å². The van der Waals surface area contributed by atoms with Gasteiger partial charge in [-0.15, -0.1) is 0 Å². The summed E-state index contributed by atoms with van der Waals surface area (Å²) < 4.78 is 39.8. The van der Waals surface area contributed by atoms with E-state index in [0.29, 0.717) is 18.5 Å². The number of amides is 2. The van der Waals surface area contributed by atoms with Gasteiger partial charge < -0.3 is 10.6 Å². The Morgan fingerprint density at radius 1 is 1.21 bits per heavy atom. The van der Waals surface area contributed by atoms with E-state index in [0.717, 1.165) is 12.1 Å². The number of hydrogen-bond donors (Lipinski definition) is 2. The Balaban J connectivity index is 1.56. The summed E-state index contributed by atoms with van der Waals surface area (Å²) in [6.07, 6.45) is 4.09. The number of nitrogens with zero attached hydrogens (tertiary/aromatic N) is 2. The standard InChI is InChI=1S/C19H21FN4O4S/c20-15-5-7-17(8-6-15)29(27,28)24-10-2-3-14(13-24)19(26)22-12-18(25)23-16-4-1-9-21-11-16/h1,4-9,11,14H,2-3,10,12-13H2,(H,22,26)(H,23,25)/t14-/m1/s1. The molecular formula is C19H21FN4O4S. The molecule has 1 aromatic heterocycles. The van der Waals surface area contributed by atoms with Gasteiger partial charge in [0.2, 0.25) is 21.8 Å². The molecule has 2 amide bonds. The third kappa shape index (κ3) is 5.36. The van der Waals surface area contributed by atoms with E-state index in [1.807, 2.05) is 0 Å². The number of carbonyl (C=O) groups is 2. The normalized spacial score (nSPS) is 17.5. The largest absolute Gasteiger partial charge is 0.347 e. The molecule has 2 N–H and O–H groups in total. The van der Waals surface area contributed by atoms with Crippen molar-refractivity contribution in [3.05, 3.63) is 54.6 Å². The number of nitrogens with one attached hydrogen (secondary N) is 2. The Labute approximate surface area is 168 Å². The number of piperidine rings is 1. The molecule has 0 unspecified atom stereocenters. The number of hydrogen-bond acceptors (Lipinski definition) is 5. The van der Waals surface area contributed by atoms with Crippen LogP contribution in [-0.4, -0.2) is 49.2 Å². The van der Waals surface area contributed by atoms with Crippen LogP contribution >= 0.6 is 0 Å². The van der Waals surface area contributed by atoms with E-state index in [4.69, 9.17) is 0 Å². The van der Waals surface area contributed by atoms with Crippen LogP contribution < -0.4 is 10.6 Å². The third-order valence-corrected chi connectivity index (χ3v) is 6.45. The van der Waals surface area contributed by atoms with E-state index in [2.05, 4.69) is 15.6 Å². The molecule has 0 bridgehead atoms. The molecule has 2 heterocycles. The Morgan fingerprint density at radius 3 is 2.66 bits per heavy atom. The third-order valence-electron chi connectivity index (χ3n) is 4.57. The molecule has 2 aromatic rings. The number of pyridine rings is 1. The van der Waals surface area contributed by atoms with Crippen molar-refractivity contribution in [2.45, 2.75) is 17.7 Å². The number of aromatic nitrogens is 1. The van der Waals surface area contributed by atoms with Gasteiger partial charge in [0.05, 0.1) is 29.2 Å². The lowest BCUT2D eigenvalue weighted by Gasteiger charge is -2.31. The first-order valence-electron chi connectivity index (χ1n) is 9.09. The zero-order chi connectivity index (χ0) is 20.9. The number of benzene rings is 1. The van der Waals surface area contributed by atoms with Crippen molar-refractivity contribution in [2.24, 2.45) is 5.92 Å². The SMILES string of the molecule is O=C(CNC(=O)[C@@H]1CCCN(S(=O)(=O)c2ccc(F)cc2)C1)Nc1cccnc1. The highest BCUT2D eigenvalue weighted by Crippen LogP contribution is 2.24. The second-order valence-electron chi connectivity index (χ2n) is 6.66. The maximum absolute atomic E-state index is 13.1. The molecule has 0 aliphatic carbocycles. The van der Waals surface area contributed by atoms with Crippen LogP contribution in [0.4, 0.5) is 10.1 Å². The van der Waals surface area contributed by atoms with Gasteiger partial charge in [0.1, 0.15) is 5.82 Å². The van der Waals surface area contributed by atoms with Crippen molar-refractivity contribution in [3.63, 3.8) is 0 Å². The second kappa shape index (κ2) is 9.10. The summed E-state index contributed by atoms with van der Waals surface area (Å²) in [6, 6.07) is 7.93. The molecule has 1 aliphatic rings. The van der Waals surface area contributed by atoms with Gasteiger partial charge in [-0.1, -0.05) is 0 Å². The van der Waals surface area contributed by atoms with Crippen molar-refractivity contribution in [3.8, 4) is 0 Å². The lowest BCUT2D eigenvalue weighted by Crippen LogP contribution is -2.46. The molecule has 154 valence electrons. The van der Waals surface area contributed by atoms with Crippen LogP contribution in [0.25, 0.3) is 0 Å². The molecule has 10 heteroatoms. The molecule has 0 saturated carbocycles. The minimum absolute atomic E-state index is 0.00969. The van der Waals surface area contributed by atoms with E-state index in [1.54, 1.807) is 18.3 Å². The quantitative estimate of drug-likeness (QED) is 0.734.